The molecule has 0 aliphatic carbocycles. The smallest absolute Gasteiger partial charge is 0.281 e. The fourth-order valence-corrected chi connectivity index (χ4v) is 1.98. The predicted octanol–water partition coefficient (Wildman–Crippen LogP) is 2.74. The second kappa shape index (κ2) is 6.18. The summed E-state index contributed by atoms with van der Waals surface area (Å²) in [7, 11) is 0. The Labute approximate surface area is 113 Å². The summed E-state index contributed by atoms with van der Waals surface area (Å²) in [4.78, 5) is 19.2. The van der Waals surface area contributed by atoms with E-state index in [4.69, 9.17) is 4.84 Å². The molecule has 1 heterocycles. The highest BCUT2D eigenvalue weighted by Gasteiger charge is 2.33. The summed E-state index contributed by atoms with van der Waals surface area (Å²) in [6.07, 6.45) is 3.68. The summed E-state index contributed by atoms with van der Waals surface area (Å²) in [5.41, 5.74) is 2.07. The van der Waals surface area contributed by atoms with Crippen LogP contribution in [0.3, 0.4) is 0 Å². The first-order chi connectivity index (χ1) is 9.29. The third-order valence-electron chi connectivity index (χ3n) is 2.95. The Balaban J connectivity index is 2.25. The van der Waals surface area contributed by atoms with Crippen molar-refractivity contribution in [1.29, 1.82) is 0 Å². The van der Waals surface area contributed by atoms with E-state index in [2.05, 4.69) is 18.7 Å². The average Bonchev–Trinajstić information content (AvgIpc) is 2.69. The Morgan fingerprint density at radius 3 is 2.95 bits per heavy atom. The normalized spacial score (nSPS) is 15.7. The third-order valence-corrected chi connectivity index (χ3v) is 2.95. The van der Waals surface area contributed by atoms with Gasteiger partial charge in [-0.3, -0.25) is 4.79 Å². The zero-order valence-corrected chi connectivity index (χ0v) is 11.1. The molecule has 0 unspecified atom stereocenters. The maximum atomic E-state index is 12.3. The van der Waals surface area contributed by atoms with Gasteiger partial charge in [-0.15, -0.1) is 6.58 Å². The van der Waals surface area contributed by atoms with Crippen molar-refractivity contribution in [3.8, 4) is 0 Å². The van der Waals surface area contributed by atoms with Crippen molar-refractivity contribution in [2.24, 2.45) is 5.16 Å². The van der Waals surface area contributed by atoms with Gasteiger partial charge in [0.05, 0.1) is 5.69 Å². The average molecular weight is 258 g/mol. The lowest BCUT2D eigenvalue weighted by atomic mass is 10.1. The number of oxime groups is 1. The van der Waals surface area contributed by atoms with Gasteiger partial charge in [-0.2, -0.15) is 0 Å². The molecule has 0 aromatic heterocycles. The van der Waals surface area contributed by atoms with E-state index >= 15 is 0 Å². The number of anilines is 1. The summed E-state index contributed by atoms with van der Waals surface area (Å²) < 4.78 is 0. The van der Waals surface area contributed by atoms with Crippen LogP contribution in [0.4, 0.5) is 5.69 Å². The molecule has 4 heteroatoms. The van der Waals surface area contributed by atoms with Gasteiger partial charge in [-0.25, -0.2) is 0 Å². The van der Waals surface area contributed by atoms with Gasteiger partial charge in [0.1, 0.15) is 6.61 Å². The van der Waals surface area contributed by atoms with Crippen LogP contribution >= 0.6 is 0 Å². The number of fused-ring (bicyclic) bond motifs is 1. The van der Waals surface area contributed by atoms with Gasteiger partial charge in [-0.1, -0.05) is 42.8 Å². The Bertz CT molecular complexity index is 509. The molecule has 0 bridgehead atoms. The van der Waals surface area contributed by atoms with Gasteiger partial charge in [0, 0.05) is 12.1 Å². The fourth-order valence-electron chi connectivity index (χ4n) is 1.98. The Kier molecular flexibility index (Phi) is 4.34. The predicted molar refractivity (Wildman–Crippen MR) is 76.4 cm³/mol. The number of unbranched alkanes of at least 4 members (excludes halogenated alkanes) is 1. The molecule has 2 rings (SSSR count). The van der Waals surface area contributed by atoms with Gasteiger partial charge in [0.25, 0.3) is 5.91 Å². The van der Waals surface area contributed by atoms with E-state index in [1.54, 1.807) is 11.0 Å². The van der Waals surface area contributed by atoms with Gasteiger partial charge in [-0.05, 0) is 12.5 Å². The summed E-state index contributed by atoms with van der Waals surface area (Å²) in [6.45, 7) is 6.77. The molecule has 1 aliphatic heterocycles. The zero-order valence-electron chi connectivity index (χ0n) is 11.1. The third kappa shape index (κ3) is 2.67. The maximum absolute atomic E-state index is 12.3. The molecule has 100 valence electrons. The molecule has 1 amide bonds. The molecule has 19 heavy (non-hydrogen) atoms. The number of para-hydroxylation sites is 1. The largest absolute Gasteiger partial charge is 0.395 e. The van der Waals surface area contributed by atoms with Crippen molar-refractivity contribution in [1.82, 2.24) is 0 Å². The molecule has 1 aliphatic rings. The lowest BCUT2D eigenvalue weighted by Crippen LogP contribution is -2.30. The first-order valence-electron chi connectivity index (χ1n) is 6.51. The molecule has 1 aromatic carbocycles. The molecule has 0 saturated carbocycles. The van der Waals surface area contributed by atoms with Gasteiger partial charge in [0.2, 0.25) is 0 Å². The van der Waals surface area contributed by atoms with Crippen LogP contribution in [0.25, 0.3) is 0 Å². The van der Waals surface area contributed by atoms with E-state index in [1.165, 1.54) is 0 Å². The van der Waals surface area contributed by atoms with E-state index in [9.17, 15) is 4.79 Å². The van der Waals surface area contributed by atoms with Crippen molar-refractivity contribution in [2.45, 2.75) is 19.8 Å². The monoisotopic (exact) mass is 258 g/mol. The molecule has 4 nitrogen and oxygen atoms in total. The first-order valence-corrected chi connectivity index (χ1v) is 6.51. The van der Waals surface area contributed by atoms with Crippen molar-refractivity contribution in [3.05, 3.63) is 42.5 Å². The van der Waals surface area contributed by atoms with Crippen LogP contribution in [-0.2, 0) is 9.63 Å². The van der Waals surface area contributed by atoms with E-state index in [1.807, 2.05) is 24.3 Å². The van der Waals surface area contributed by atoms with Crippen LogP contribution in [0.15, 0.2) is 42.1 Å². The van der Waals surface area contributed by atoms with E-state index in [0.717, 1.165) is 24.1 Å². The number of amides is 1. The highest BCUT2D eigenvalue weighted by Crippen LogP contribution is 2.28. The number of hydrogen-bond donors (Lipinski definition) is 0. The van der Waals surface area contributed by atoms with Gasteiger partial charge in [0.15, 0.2) is 5.71 Å². The van der Waals surface area contributed by atoms with Crippen molar-refractivity contribution in [3.63, 3.8) is 0 Å². The lowest BCUT2D eigenvalue weighted by molar-refractivity contribution is -0.112. The number of benzene rings is 1. The molecular formula is C15H18N2O2. The Hall–Kier alpha value is -2.10. The van der Waals surface area contributed by atoms with Crippen LogP contribution in [-0.4, -0.2) is 24.8 Å². The molecule has 0 spiro atoms. The highest BCUT2D eigenvalue weighted by molar-refractivity contribution is 6.54. The summed E-state index contributed by atoms with van der Waals surface area (Å²) in [5.74, 6) is -0.127. The number of nitrogens with zero attached hydrogens (tertiary/aromatic N) is 2. The van der Waals surface area contributed by atoms with Gasteiger partial charge < -0.3 is 9.74 Å². The Morgan fingerprint density at radius 1 is 1.42 bits per heavy atom. The quantitative estimate of drug-likeness (QED) is 0.447. The topological polar surface area (TPSA) is 41.9 Å². The molecular weight excluding hydrogens is 240 g/mol. The van der Waals surface area contributed by atoms with E-state index in [-0.39, 0.29) is 5.91 Å². The lowest BCUT2D eigenvalue weighted by Gasteiger charge is -2.13. The summed E-state index contributed by atoms with van der Waals surface area (Å²) in [5, 5.41) is 4.01. The first kappa shape index (κ1) is 13.3. The zero-order chi connectivity index (χ0) is 13.7. The molecule has 0 atom stereocenters. The molecule has 0 radical (unpaired) electrons. The second-order valence-electron chi connectivity index (χ2n) is 4.35. The van der Waals surface area contributed by atoms with Crippen molar-refractivity contribution < 1.29 is 9.63 Å². The minimum atomic E-state index is -0.127. The number of rotatable bonds is 6. The summed E-state index contributed by atoms with van der Waals surface area (Å²) >= 11 is 0. The SMILES string of the molecule is C=CCN1C(=O)/C(=N/OCCCC)c2ccccc21. The fraction of sp³-hybridized carbons (Fsp3) is 0.333. The minimum Gasteiger partial charge on any atom is -0.395 e. The van der Waals surface area contributed by atoms with Crippen LogP contribution in [0.1, 0.15) is 25.3 Å². The van der Waals surface area contributed by atoms with Crippen molar-refractivity contribution in [2.75, 3.05) is 18.1 Å². The highest BCUT2D eigenvalue weighted by atomic mass is 16.6. The van der Waals surface area contributed by atoms with Crippen LogP contribution in [0.2, 0.25) is 0 Å². The standard InChI is InChI=1S/C15H18N2O2/c1-3-5-11-19-16-14-12-8-6-7-9-13(12)17(10-4-2)15(14)18/h4,6-9H,2-3,5,10-11H2,1H3/b16-14+. The summed E-state index contributed by atoms with van der Waals surface area (Å²) in [6, 6.07) is 7.60. The van der Waals surface area contributed by atoms with Crippen LogP contribution in [0, 0.1) is 0 Å². The van der Waals surface area contributed by atoms with E-state index in [0.29, 0.717) is 18.9 Å². The molecule has 0 fully saturated rings. The molecule has 1 aromatic rings. The Morgan fingerprint density at radius 2 is 2.21 bits per heavy atom. The molecule has 0 saturated heterocycles. The van der Waals surface area contributed by atoms with Crippen LogP contribution in [0.5, 0.6) is 0 Å². The molecule has 0 N–H and O–H groups in total. The second-order valence-corrected chi connectivity index (χ2v) is 4.35. The van der Waals surface area contributed by atoms with E-state index < -0.39 is 0 Å². The van der Waals surface area contributed by atoms with Gasteiger partial charge >= 0.3 is 0 Å². The maximum Gasteiger partial charge on any atom is 0.281 e. The number of carbonyl (C=O) groups is 1. The number of hydrogen-bond acceptors (Lipinski definition) is 3. The van der Waals surface area contributed by atoms with Crippen LogP contribution < -0.4 is 4.90 Å². The minimum absolute atomic E-state index is 0.127. The number of carbonyl (C=O) groups excluding carboxylic acids is 1. The van der Waals surface area contributed by atoms with Crippen molar-refractivity contribution >= 4 is 17.3 Å².